The fourth-order valence-corrected chi connectivity index (χ4v) is 3.78. The van der Waals surface area contributed by atoms with Gasteiger partial charge in [0.2, 0.25) is 0 Å². The molecule has 0 heterocycles. The molecular weight excluding hydrogens is 543 g/mol. The Morgan fingerprint density at radius 2 is 1.68 bits per heavy atom. The summed E-state index contributed by atoms with van der Waals surface area (Å²) in [5, 5.41) is 10.6. The molecule has 0 unspecified atom stereocenters. The number of carbonyl (C=O) groups is 1. The predicted molar refractivity (Wildman–Crippen MR) is 154 cm³/mol. The summed E-state index contributed by atoms with van der Waals surface area (Å²) in [6.45, 7) is 1.87. The molecule has 0 fully saturated rings. The normalized spacial score (nSPS) is 12.9. The average Bonchev–Trinajstić information content (AvgIpc) is 2.93. The molecule has 0 amide bonds. The third-order valence-corrected chi connectivity index (χ3v) is 6.11. The van der Waals surface area contributed by atoms with Gasteiger partial charge in [0.1, 0.15) is 18.6 Å². The van der Waals surface area contributed by atoms with Crippen molar-refractivity contribution in [3.8, 4) is 0 Å². The van der Waals surface area contributed by atoms with E-state index in [9.17, 15) is 22.0 Å². The van der Waals surface area contributed by atoms with Crippen molar-refractivity contribution < 1.29 is 36.6 Å². The maximum Gasteiger partial charge on any atom is 0.405 e. The van der Waals surface area contributed by atoms with Gasteiger partial charge in [0, 0.05) is 19.3 Å². The summed E-state index contributed by atoms with van der Waals surface area (Å²) in [7, 11) is 3.22. The lowest BCUT2D eigenvalue weighted by molar-refractivity contribution is -0.119. The molecule has 2 rings (SSSR count). The molecule has 41 heavy (non-hydrogen) atoms. The molecule has 0 spiro atoms. The molecule has 0 aromatic heterocycles. The van der Waals surface area contributed by atoms with E-state index >= 15 is 0 Å². The van der Waals surface area contributed by atoms with Gasteiger partial charge in [-0.3, -0.25) is 0 Å². The molecule has 0 aliphatic rings. The largest absolute Gasteiger partial charge is 0.435 e. The first-order valence-corrected chi connectivity index (χ1v) is 13.0. The van der Waals surface area contributed by atoms with Crippen LogP contribution in [0.2, 0.25) is 0 Å². The monoisotopic (exact) mass is 582 g/mol. The maximum atomic E-state index is 13.3. The smallest absolute Gasteiger partial charge is 0.405 e. The van der Waals surface area contributed by atoms with E-state index in [0.29, 0.717) is 29.5 Å². The molecule has 0 saturated carbocycles. The van der Waals surface area contributed by atoms with E-state index in [2.05, 4.69) is 5.32 Å². The second-order valence-electron chi connectivity index (χ2n) is 9.25. The van der Waals surface area contributed by atoms with E-state index in [4.69, 9.17) is 14.6 Å². The van der Waals surface area contributed by atoms with E-state index in [0.717, 1.165) is 40.1 Å². The number of nitrogens with one attached hydrogen (secondary N) is 1. The number of halogens is 5. The van der Waals surface area contributed by atoms with Crippen LogP contribution in [0.5, 0.6) is 0 Å². The summed E-state index contributed by atoms with van der Waals surface area (Å²) in [6, 6.07) is 14.5. The summed E-state index contributed by atoms with van der Waals surface area (Å²) in [5.41, 5.74) is 5.54. The molecule has 0 aliphatic carbocycles. The van der Waals surface area contributed by atoms with Crippen LogP contribution in [0.4, 0.5) is 27.6 Å². The molecule has 0 radical (unpaired) electrons. The minimum absolute atomic E-state index is 0.0450. The highest BCUT2D eigenvalue weighted by Gasteiger charge is 2.29. The van der Waals surface area contributed by atoms with E-state index in [1.54, 1.807) is 31.2 Å². The molecule has 226 valence electrons. The molecule has 2 aromatic rings. The fraction of sp³-hybridized carbons (Fsp3) is 0.387. The van der Waals surface area contributed by atoms with Crippen LogP contribution in [-0.2, 0) is 22.5 Å². The molecule has 10 heteroatoms. The van der Waals surface area contributed by atoms with Gasteiger partial charge in [0.15, 0.2) is 0 Å². The number of carbonyl (C=O) groups excluding carboxylic acids is 1. The number of hydrogen-bond acceptors (Lipinski definition) is 5. The van der Waals surface area contributed by atoms with E-state index in [1.807, 2.05) is 45.2 Å². The SMILES string of the molecule is CC/C(C)=C(/C=C\C(OC(F)F)=C(/C)c1cccc(N(C)CC(F)(F)F)c1)Cc1ccc(CNC)cc1.O=CCO. The van der Waals surface area contributed by atoms with Crippen LogP contribution in [0.25, 0.3) is 5.57 Å². The highest BCUT2D eigenvalue weighted by molar-refractivity contribution is 5.71. The molecule has 0 aliphatic heterocycles. The lowest BCUT2D eigenvalue weighted by Gasteiger charge is -2.22. The molecule has 0 bridgehead atoms. The molecule has 2 aromatic carbocycles. The Bertz CT molecular complexity index is 1170. The number of hydrogen-bond donors (Lipinski definition) is 2. The second-order valence-corrected chi connectivity index (χ2v) is 9.25. The quantitative estimate of drug-likeness (QED) is 0.114. The Kier molecular flexibility index (Phi) is 15.6. The van der Waals surface area contributed by atoms with Crippen LogP contribution < -0.4 is 10.2 Å². The highest BCUT2D eigenvalue weighted by atomic mass is 19.4. The Morgan fingerprint density at radius 1 is 1.07 bits per heavy atom. The first-order chi connectivity index (χ1) is 19.3. The van der Waals surface area contributed by atoms with Crippen molar-refractivity contribution in [1.29, 1.82) is 0 Å². The van der Waals surface area contributed by atoms with Crippen LogP contribution in [0.15, 0.2) is 77.6 Å². The number of rotatable bonds is 13. The third-order valence-electron chi connectivity index (χ3n) is 6.11. The number of allylic oxidation sites excluding steroid dienone is 5. The second kappa shape index (κ2) is 18.0. The van der Waals surface area contributed by atoms with Crippen LogP contribution >= 0.6 is 0 Å². The van der Waals surface area contributed by atoms with Gasteiger partial charge >= 0.3 is 12.8 Å². The number of ether oxygens (including phenoxy) is 1. The average molecular weight is 583 g/mol. The molecule has 0 atom stereocenters. The molecule has 5 nitrogen and oxygen atoms in total. The lowest BCUT2D eigenvalue weighted by Crippen LogP contribution is -2.30. The highest BCUT2D eigenvalue weighted by Crippen LogP contribution is 2.28. The number of aldehydes is 1. The van der Waals surface area contributed by atoms with Crippen molar-refractivity contribution in [2.24, 2.45) is 0 Å². The van der Waals surface area contributed by atoms with Gasteiger partial charge in [0.05, 0.1) is 6.61 Å². The van der Waals surface area contributed by atoms with E-state index < -0.39 is 19.3 Å². The first-order valence-electron chi connectivity index (χ1n) is 13.0. The van der Waals surface area contributed by atoms with Crippen LogP contribution in [0.1, 0.15) is 43.9 Å². The van der Waals surface area contributed by atoms with E-state index in [1.165, 1.54) is 19.2 Å². The topological polar surface area (TPSA) is 61.8 Å². The van der Waals surface area contributed by atoms with Gasteiger partial charge in [-0.05, 0) is 79.8 Å². The minimum Gasteiger partial charge on any atom is -0.435 e. The van der Waals surface area contributed by atoms with Crippen molar-refractivity contribution >= 4 is 17.5 Å². The predicted octanol–water partition coefficient (Wildman–Crippen LogP) is 7.08. The fourth-order valence-electron chi connectivity index (χ4n) is 3.78. The van der Waals surface area contributed by atoms with Gasteiger partial charge in [-0.1, -0.05) is 55.0 Å². The lowest BCUT2D eigenvalue weighted by atomic mass is 9.97. The number of aliphatic hydroxyl groups is 1. The van der Waals surface area contributed by atoms with Crippen LogP contribution in [0.3, 0.4) is 0 Å². The van der Waals surface area contributed by atoms with Gasteiger partial charge < -0.3 is 24.9 Å². The Hall–Kier alpha value is -3.50. The summed E-state index contributed by atoms with van der Waals surface area (Å²) in [6.07, 6.45) is 0.765. The number of aliphatic hydroxyl groups excluding tert-OH is 1. The van der Waals surface area contributed by atoms with Crippen molar-refractivity contribution in [1.82, 2.24) is 5.32 Å². The summed E-state index contributed by atoms with van der Waals surface area (Å²) in [4.78, 5) is 9.99. The minimum atomic E-state index is -4.37. The summed E-state index contributed by atoms with van der Waals surface area (Å²) in [5.74, 6) is -0.0450. The summed E-state index contributed by atoms with van der Waals surface area (Å²) >= 11 is 0. The van der Waals surface area contributed by atoms with Crippen molar-refractivity contribution in [3.63, 3.8) is 0 Å². The van der Waals surface area contributed by atoms with Gasteiger partial charge in [-0.2, -0.15) is 22.0 Å². The molecule has 0 saturated heterocycles. The van der Waals surface area contributed by atoms with Crippen molar-refractivity contribution in [2.45, 2.75) is 52.9 Å². The van der Waals surface area contributed by atoms with Crippen molar-refractivity contribution in [3.05, 3.63) is 94.3 Å². The molecular formula is C31H39F5N2O3. The van der Waals surface area contributed by atoms with Gasteiger partial charge in [-0.25, -0.2) is 0 Å². The Balaban J connectivity index is 0.00000196. The maximum absolute atomic E-state index is 13.3. The number of nitrogens with zero attached hydrogens (tertiary/aromatic N) is 1. The first kappa shape index (κ1) is 35.5. The summed E-state index contributed by atoms with van der Waals surface area (Å²) < 4.78 is 70.0. The zero-order valence-corrected chi connectivity index (χ0v) is 24.1. The van der Waals surface area contributed by atoms with Crippen LogP contribution in [-0.4, -0.2) is 51.4 Å². The number of benzene rings is 2. The van der Waals surface area contributed by atoms with Crippen LogP contribution in [0, 0.1) is 0 Å². The van der Waals surface area contributed by atoms with Crippen molar-refractivity contribution in [2.75, 3.05) is 32.1 Å². The molecule has 2 N–H and O–H groups in total. The Labute approximate surface area is 239 Å². The third kappa shape index (κ3) is 13.6. The number of alkyl halides is 5. The van der Waals surface area contributed by atoms with Gasteiger partial charge in [0.25, 0.3) is 0 Å². The zero-order valence-electron chi connectivity index (χ0n) is 24.1. The van der Waals surface area contributed by atoms with Gasteiger partial charge in [-0.15, -0.1) is 0 Å². The Morgan fingerprint density at radius 3 is 2.20 bits per heavy atom. The zero-order chi connectivity index (χ0) is 31.0. The number of anilines is 1. The van der Waals surface area contributed by atoms with E-state index in [-0.39, 0.29) is 12.4 Å². The standard InChI is InChI=1S/C29H35F5N2O.C2H4O2/c1-6-20(2)24(16-22-10-12-23(13-11-22)18-35-4)14-15-27(37-28(30)31)21(3)25-8-7-9-26(17-25)36(5)19-29(32,33)34;3-1-2-4/h7-15,17,28,35H,6,16,18-19H2,1-5H3;1,4H,2H2/b15-14-,24-20-,27-21-;.